The summed E-state index contributed by atoms with van der Waals surface area (Å²) in [5, 5.41) is 29.5. The standard InChI is InChI=1S/C25H36N4O7/c1-15(2)13-19(28-22(32)17-9-6-12-26-17)24(34)27-18(10-11-21(30)31)23(33)29-20(25(35)36)14-16-7-4-3-5-8-16/h3-5,7-8,15,17-20,26H,6,9-14H2,1-2H3,(H,27,34)(H,28,32)(H,29,33)(H,30,31)(H,35,36)/t17-,18-,19-,20-/m0/s1. The predicted octanol–water partition coefficient (Wildman–Crippen LogP) is 0.431. The molecule has 6 N–H and O–H groups in total. The average molecular weight is 505 g/mol. The van der Waals surface area contributed by atoms with E-state index < -0.39 is 54.3 Å². The number of benzene rings is 1. The minimum atomic E-state index is -1.29. The fraction of sp³-hybridized carbons (Fsp3) is 0.560. The first kappa shape index (κ1) is 28.8. The summed E-state index contributed by atoms with van der Waals surface area (Å²) >= 11 is 0. The number of hydrogen-bond acceptors (Lipinski definition) is 6. The highest BCUT2D eigenvalue weighted by Crippen LogP contribution is 2.11. The van der Waals surface area contributed by atoms with Gasteiger partial charge in [0.1, 0.15) is 18.1 Å². The zero-order valence-corrected chi connectivity index (χ0v) is 20.7. The first-order chi connectivity index (χ1) is 17.1. The minimum absolute atomic E-state index is 0.0158. The van der Waals surface area contributed by atoms with Gasteiger partial charge in [0.05, 0.1) is 6.04 Å². The van der Waals surface area contributed by atoms with Gasteiger partial charge in [-0.15, -0.1) is 0 Å². The van der Waals surface area contributed by atoms with Gasteiger partial charge in [-0.25, -0.2) is 4.79 Å². The number of carboxylic acids is 2. The maximum atomic E-state index is 13.1. The number of amides is 3. The van der Waals surface area contributed by atoms with Crippen LogP contribution in [0.5, 0.6) is 0 Å². The fourth-order valence-electron chi connectivity index (χ4n) is 4.01. The van der Waals surface area contributed by atoms with Crippen molar-refractivity contribution >= 4 is 29.7 Å². The van der Waals surface area contributed by atoms with Crippen LogP contribution in [-0.2, 0) is 30.4 Å². The third-order valence-electron chi connectivity index (χ3n) is 5.89. The van der Waals surface area contributed by atoms with Gasteiger partial charge in [0.15, 0.2) is 0 Å². The number of carbonyl (C=O) groups excluding carboxylic acids is 3. The van der Waals surface area contributed by atoms with Gasteiger partial charge in [0.25, 0.3) is 0 Å². The Morgan fingerprint density at radius 2 is 1.58 bits per heavy atom. The number of carbonyl (C=O) groups is 5. The van der Waals surface area contributed by atoms with Gasteiger partial charge in [0.2, 0.25) is 17.7 Å². The second-order valence-electron chi connectivity index (χ2n) is 9.42. The molecule has 1 aromatic rings. The van der Waals surface area contributed by atoms with Crippen LogP contribution in [0.4, 0.5) is 0 Å². The largest absolute Gasteiger partial charge is 0.481 e. The molecule has 4 atom stereocenters. The molecule has 11 nitrogen and oxygen atoms in total. The number of rotatable bonds is 14. The van der Waals surface area contributed by atoms with Crippen LogP contribution in [0.1, 0.15) is 51.5 Å². The number of nitrogens with one attached hydrogen (secondary N) is 4. The molecule has 0 aliphatic carbocycles. The van der Waals surface area contributed by atoms with Crippen molar-refractivity contribution < 1.29 is 34.2 Å². The van der Waals surface area contributed by atoms with Crippen LogP contribution < -0.4 is 21.3 Å². The van der Waals surface area contributed by atoms with Gasteiger partial charge < -0.3 is 31.5 Å². The van der Waals surface area contributed by atoms with E-state index in [4.69, 9.17) is 5.11 Å². The van der Waals surface area contributed by atoms with Gasteiger partial charge in [0, 0.05) is 12.8 Å². The third-order valence-corrected chi connectivity index (χ3v) is 5.89. The maximum Gasteiger partial charge on any atom is 0.326 e. The van der Waals surface area contributed by atoms with Gasteiger partial charge >= 0.3 is 11.9 Å². The highest BCUT2D eigenvalue weighted by atomic mass is 16.4. The van der Waals surface area contributed by atoms with Gasteiger partial charge in [-0.05, 0) is 43.7 Å². The number of hydrogen-bond donors (Lipinski definition) is 6. The fourth-order valence-corrected chi connectivity index (χ4v) is 4.01. The summed E-state index contributed by atoms with van der Waals surface area (Å²) in [7, 11) is 0. The van der Waals surface area contributed by atoms with E-state index >= 15 is 0 Å². The molecule has 0 unspecified atom stereocenters. The number of aliphatic carboxylic acids is 2. The van der Waals surface area contributed by atoms with Gasteiger partial charge in [-0.1, -0.05) is 44.2 Å². The normalized spacial score (nSPS) is 17.6. The molecule has 0 radical (unpaired) electrons. The Kier molecular flexibility index (Phi) is 11.3. The van der Waals surface area contributed by atoms with E-state index in [9.17, 15) is 29.1 Å². The van der Waals surface area contributed by atoms with E-state index in [1.807, 2.05) is 13.8 Å². The molecule has 11 heteroatoms. The van der Waals surface area contributed by atoms with E-state index in [0.29, 0.717) is 24.9 Å². The Labute approximate surface area is 210 Å². The van der Waals surface area contributed by atoms with Crippen molar-refractivity contribution in [1.29, 1.82) is 0 Å². The molecule has 1 saturated heterocycles. The Hall–Kier alpha value is -3.47. The van der Waals surface area contributed by atoms with Gasteiger partial charge in [-0.3, -0.25) is 19.2 Å². The first-order valence-corrected chi connectivity index (χ1v) is 12.2. The maximum absolute atomic E-state index is 13.1. The second kappa shape index (κ2) is 14.2. The molecule has 1 aromatic carbocycles. The molecule has 2 rings (SSSR count). The summed E-state index contributed by atoms with van der Waals surface area (Å²) in [6, 6.07) is 4.84. The van der Waals surface area contributed by atoms with E-state index in [0.717, 1.165) is 6.42 Å². The summed E-state index contributed by atoms with van der Waals surface area (Å²) < 4.78 is 0. The lowest BCUT2D eigenvalue weighted by Gasteiger charge is -2.26. The molecule has 0 aromatic heterocycles. The zero-order chi connectivity index (χ0) is 26.7. The lowest BCUT2D eigenvalue weighted by molar-refractivity contribution is -0.143. The SMILES string of the molecule is CC(C)C[C@H](NC(=O)[C@@H]1CCCN1)C(=O)N[C@@H](CCC(=O)O)C(=O)N[C@@H](Cc1ccccc1)C(=O)O. The smallest absolute Gasteiger partial charge is 0.326 e. The van der Waals surface area contributed by atoms with Crippen molar-refractivity contribution in [2.24, 2.45) is 5.92 Å². The Balaban J connectivity index is 2.13. The van der Waals surface area contributed by atoms with Crippen LogP contribution in [0, 0.1) is 5.92 Å². The van der Waals surface area contributed by atoms with E-state index in [2.05, 4.69) is 21.3 Å². The molecule has 1 aliphatic rings. The second-order valence-corrected chi connectivity index (χ2v) is 9.42. The first-order valence-electron chi connectivity index (χ1n) is 12.2. The Bertz CT molecular complexity index is 916. The zero-order valence-electron chi connectivity index (χ0n) is 20.7. The molecule has 0 spiro atoms. The van der Waals surface area contributed by atoms with Crippen molar-refractivity contribution in [1.82, 2.24) is 21.3 Å². The monoisotopic (exact) mass is 504 g/mol. The van der Waals surface area contributed by atoms with Crippen LogP contribution in [0.15, 0.2) is 30.3 Å². The Morgan fingerprint density at radius 1 is 0.944 bits per heavy atom. The quantitative estimate of drug-likeness (QED) is 0.211. The molecular formula is C25H36N4O7. The van der Waals surface area contributed by atoms with E-state index in [1.165, 1.54) is 0 Å². The molecule has 198 valence electrons. The molecule has 1 heterocycles. The summed E-state index contributed by atoms with van der Waals surface area (Å²) in [4.78, 5) is 61.6. The van der Waals surface area contributed by atoms with E-state index in [1.54, 1.807) is 30.3 Å². The number of carboxylic acid groups (broad SMARTS) is 2. The predicted molar refractivity (Wildman–Crippen MR) is 131 cm³/mol. The van der Waals surface area contributed by atoms with E-state index in [-0.39, 0.29) is 24.7 Å². The summed E-state index contributed by atoms with van der Waals surface area (Å²) in [6.07, 6.45) is 1.18. The van der Waals surface area contributed by atoms with Crippen LogP contribution >= 0.6 is 0 Å². The molecule has 0 saturated carbocycles. The minimum Gasteiger partial charge on any atom is -0.481 e. The van der Waals surface area contributed by atoms with Crippen molar-refractivity contribution in [3.8, 4) is 0 Å². The topological polar surface area (TPSA) is 174 Å². The third kappa shape index (κ3) is 9.65. The van der Waals surface area contributed by atoms with Crippen LogP contribution in [0.25, 0.3) is 0 Å². The summed E-state index contributed by atoms with van der Waals surface area (Å²) in [6.45, 7) is 4.48. The van der Waals surface area contributed by atoms with Crippen molar-refractivity contribution in [3.63, 3.8) is 0 Å². The van der Waals surface area contributed by atoms with Crippen molar-refractivity contribution in [2.75, 3.05) is 6.54 Å². The van der Waals surface area contributed by atoms with Crippen molar-refractivity contribution in [2.45, 2.75) is 76.5 Å². The summed E-state index contributed by atoms with van der Waals surface area (Å²) in [5.41, 5.74) is 0.691. The lowest BCUT2D eigenvalue weighted by Crippen LogP contribution is -2.57. The molecule has 1 aliphatic heterocycles. The van der Waals surface area contributed by atoms with Crippen LogP contribution in [0.2, 0.25) is 0 Å². The van der Waals surface area contributed by atoms with Crippen molar-refractivity contribution in [3.05, 3.63) is 35.9 Å². The molecule has 0 bridgehead atoms. The Morgan fingerprint density at radius 3 is 2.14 bits per heavy atom. The summed E-state index contributed by atoms with van der Waals surface area (Å²) in [5.74, 6) is -4.12. The molecule has 1 fully saturated rings. The highest BCUT2D eigenvalue weighted by Gasteiger charge is 2.32. The van der Waals surface area contributed by atoms with Gasteiger partial charge in [-0.2, -0.15) is 0 Å². The van der Waals surface area contributed by atoms with Crippen LogP contribution in [0.3, 0.4) is 0 Å². The molecule has 36 heavy (non-hydrogen) atoms. The van der Waals surface area contributed by atoms with Crippen LogP contribution in [-0.4, -0.2) is 70.6 Å². The molecular weight excluding hydrogens is 468 g/mol. The lowest BCUT2D eigenvalue weighted by atomic mass is 10.0. The highest BCUT2D eigenvalue weighted by molar-refractivity contribution is 5.94. The average Bonchev–Trinajstić information content (AvgIpc) is 3.36. The molecule has 3 amide bonds.